The van der Waals surface area contributed by atoms with E-state index < -0.39 is 0 Å². The van der Waals surface area contributed by atoms with Crippen molar-refractivity contribution in [2.24, 2.45) is 4.99 Å². The van der Waals surface area contributed by atoms with Crippen molar-refractivity contribution in [3.63, 3.8) is 0 Å². The fourth-order valence-corrected chi connectivity index (χ4v) is 1.30. The molecule has 0 heterocycles. The molecule has 1 aromatic rings. The van der Waals surface area contributed by atoms with Gasteiger partial charge in [-0.2, -0.15) is 0 Å². The van der Waals surface area contributed by atoms with E-state index in [1.807, 2.05) is 19.1 Å². The molecule has 0 saturated carbocycles. The number of aryl methyl sites for hydroxylation is 2. The van der Waals surface area contributed by atoms with Gasteiger partial charge < -0.3 is 4.74 Å². The van der Waals surface area contributed by atoms with Gasteiger partial charge in [0.2, 0.25) is 0 Å². The number of hydrogen-bond donors (Lipinski definition) is 0. The van der Waals surface area contributed by atoms with E-state index in [1.165, 1.54) is 5.56 Å². The molecular formula is C11H13NOS. The number of ether oxygens (including phenoxy) is 1. The van der Waals surface area contributed by atoms with Crippen LogP contribution in [0.2, 0.25) is 0 Å². The molecule has 0 N–H and O–H groups in total. The highest BCUT2D eigenvalue weighted by atomic mass is 32.1. The number of benzene rings is 1. The third-order valence-corrected chi connectivity index (χ3v) is 1.98. The average molecular weight is 207 g/mol. The van der Waals surface area contributed by atoms with Crippen molar-refractivity contribution in [1.29, 1.82) is 0 Å². The minimum Gasteiger partial charge on any atom is -0.491 e. The first kappa shape index (κ1) is 10.9. The Hall–Kier alpha value is -1.18. The third kappa shape index (κ3) is 3.29. The van der Waals surface area contributed by atoms with Crippen LogP contribution in [0.3, 0.4) is 0 Å². The van der Waals surface area contributed by atoms with Crippen LogP contribution in [-0.4, -0.2) is 18.3 Å². The normalized spacial score (nSPS) is 9.29. The minimum atomic E-state index is 0.549. The summed E-state index contributed by atoms with van der Waals surface area (Å²) in [6, 6.07) is 6.11. The van der Waals surface area contributed by atoms with Gasteiger partial charge in [0.25, 0.3) is 0 Å². The molecule has 0 atom stereocenters. The number of rotatable bonds is 4. The third-order valence-electron chi connectivity index (χ3n) is 1.86. The van der Waals surface area contributed by atoms with Crippen LogP contribution in [0.15, 0.2) is 23.2 Å². The van der Waals surface area contributed by atoms with Crippen LogP contribution in [0.4, 0.5) is 0 Å². The van der Waals surface area contributed by atoms with Crippen molar-refractivity contribution in [1.82, 2.24) is 0 Å². The number of isothiocyanates is 1. The van der Waals surface area contributed by atoms with E-state index in [1.54, 1.807) is 0 Å². The predicted octanol–water partition coefficient (Wildman–Crippen LogP) is 2.79. The lowest BCUT2D eigenvalue weighted by Crippen LogP contribution is -2.01. The maximum Gasteiger partial charge on any atom is 0.122 e. The molecule has 1 aromatic carbocycles. The van der Waals surface area contributed by atoms with Crippen LogP contribution < -0.4 is 4.74 Å². The molecule has 74 valence electrons. The molecule has 2 nitrogen and oxygen atoms in total. The molecule has 0 aromatic heterocycles. The Morgan fingerprint density at radius 3 is 2.86 bits per heavy atom. The van der Waals surface area contributed by atoms with Gasteiger partial charge in [-0.1, -0.05) is 17.7 Å². The van der Waals surface area contributed by atoms with Gasteiger partial charge in [0, 0.05) is 0 Å². The molecule has 0 unspecified atom stereocenters. The Labute approximate surface area is 89.6 Å². The summed E-state index contributed by atoms with van der Waals surface area (Å²) < 4.78 is 5.51. The topological polar surface area (TPSA) is 21.6 Å². The molecule has 0 aliphatic rings. The second-order valence-corrected chi connectivity index (χ2v) is 3.27. The van der Waals surface area contributed by atoms with Crippen molar-refractivity contribution in [2.75, 3.05) is 13.2 Å². The Kier molecular flexibility index (Phi) is 4.30. The maximum absolute atomic E-state index is 5.51. The zero-order valence-corrected chi connectivity index (χ0v) is 9.23. The highest BCUT2D eigenvalue weighted by Gasteiger charge is 1.98. The fourth-order valence-electron chi connectivity index (χ4n) is 1.21. The van der Waals surface area contributed by atoms with E-state index in [-0.39, 0.29) is 0 Å². The van der Waals surface area contributed by atoms with Crippen molar-refractivity contribution in [3.8, 4) is 5.75 Å². The zero-order valence-electron chi connectivity index (χ0n) is 8.41. The molecule has 0 radical (unpaired) electrons. The second-order valence-electron chi connectivity index (χ2n) is 3.09. The van der Waals surface area contributed by atoms with Gasteiger partial charge in [-0.15, -0.1) is 0 Å². The average Bonchev–Trinajstić information content (AvgIpc) is 2.15. The molecule has 0 aliphatic heterocycles. The monoisotopic (exact) mass is 207 g/mol. The SMILES string of the molecule is Cc1ccc(OCCN=C=S)c(C)c1. The quantitative estimate of drug-likeness (QED) is 0.430. The summed E-state index contributed by atoms with van der Waals surface area (Å²) in [6.07, 6.45) is 0. The molecule has 0 bridgehead atoms. The fraction of sp³-hybridized carbons (Fsp3) is 0.364. The van der Waals surface area contributed by atoms with E-state index in [9.17, 15) is 0 Å². The van der Waals surface area contributed by atoms with Crippen molar-refractivity contribution in [3.05, 3.63) is 29.3 Å². The summed E-state index contributed by atoms with van der Waals surface area (Å²) in [6.45, 7) is 5.21. The summed E-state index contributed by atoms with van der Waals surface area (Å²) in [5.74, 6) is 0.912. The van der Waals surface area contributed by atoms with Gasteiger partial charge in [0.15, 0.2) is 0 Å². The number of hydrogen-bond acceptors (Lipinski definition) is 3. The summed E-state index contributed by atoms with van der Waals surface area (Å²) in [4.78, 5) is 3.77. The highest BCUT2D eigenvalue weighted by molar-refractivity contribution is 7.78. The van der Waals surface area contributed by atoms with Gasteiger partial charge in [-0.05, 0) is 37.7 Å². The van der Waals surface area contributed by atoms with Crippen LogP contribution in [0.1, 0.15) is 11.1 Å². The molecule has 1 rings (SSSR count). The second kappa shape index (κ2) is 5.53. The molecule has 0 saturated heterocycles. The maximum atomic E-state index is 5.51. The summed E-state index contributed by atoms with van der Waals surface area (Å²) in [5, 5.41) is 2.31. The Morgan fingerprint density at radius 1 is 1.43 bits per heavy atom. The van der Waals surface area contributed by atoms with E-state index >= 15 is 0 Å². The van der Waals surface area contributed by atoms with E-state index in [2.05, 4.69) is 35.4 Å². The first-order valence-electron chi connectivity index (χ1n) is 4.47. The van der Waals surface area contributed by atoms with Gasteiger partial charge in [0.05, 0.1) is 11.7 Å². The van der Waals surface area contributed by atoms with E-state index in [4.69, 9.17) is 4.74 Å². The van der Waals surface area contributed by atoms with Gasteiger partial charge in [-0.3, -0.25) is 0 Å². The van der Waals surface area contributed by atoms with Crippen LogP contribution in [0.25, 0.3) is 0 Å². The summed E-state index contributed by atoms with van der Waals surface area (Å²) in [5.41, 5.74) is 2.39. The lowest BCUT2D eigenvalue weighted by Gasteiger charge is -2.07. The summed E-state index contributed by atoms with van der Waals surface area (Å²) >= 11 is 4.45. The number of aliphatic imine (C=N–C) groups is 1. The largest absolute Gasteiger partial charge is 0.491 e. The first-order chi connectivity index (χ1) is 6.74. The van der Waals surface area contributed by atoms with Crippen LogP contribution in [0, 0.1) is 13.8 Å². The standard InChI is InChI=1S/C11H13NOS/c1-9-3-4-11(10(2)7-9)13-6-5-12-8-14/h3-4,7H,5-6H2,1-2H3. The molecular weight excluding hydrogens is 194 g/mol. The Balaban J connectivity index is 2.54. The number of thiocarbonyl (C=S) groups is 1. The van der Waals surface area contributed by atoms with Gasteiger partial charge in [0.1, 0.15) is 12.4 Å². The van der Waals surface area contributed by atoms with Crippen LogP contribution >= 0.6 is 12.2 Å². The van der Waals surface area contributed by atoms with Crippen LogP contribution in [0.5, 0.6) is 5.75 Å². The highest BCUT2D eigenvalue weighted by Crippen LogP contribution is 2.18. The van der Waals surface area contributed by atoms with Gasteiger partial charge in [-0.25, -0.2) is 4.99 Å². The predicted molar refractivity (Wildman–Crippen MR) is 61.3 cm³/mol. The molecule has 0 spiro atoms. The molecule has 0 amide bonds. The lowest BCUT2D eigenvalue weighted by atomic mass is 10.1. The molecule has 0 fully saturated rings. The zero-order chi connectivity index (χ0) is 10.4. The number of nitrogens with zero attached hydrogens (tertiary/aromatic N) is 1. The Morgan fingerprint density at radius 2 is 2.21 bits per heavy atom. The Bertz CT molecular complexity index is 356. The van der Waals surface area contributed by atoms with Crippen molar-refractivity contribution >= 4 is 17.4 Å². The lowest BCUT2D eigenvalue weighted by molar-refractivity contribution is 0.327. The first-order valence-corrected chi connectivity index (χ1v) is 4.88. The molecule has 0 aliphatic carbocycles. The van der Waals surface area contributed by atoms with E-state index in [0.717, 1.165) is 11.3 Å². The minimum absolute atomic E-state index is 0.549. The van der Waals surface area contributed by atoms with Crippen LogP contribution in [-0.2, 0) is 0 Å². The van der Waals surface area contributed by atoms with Gasteiger partial charge >= 0.3 is 0 Å². The molecule has 14 heavy (non-hydrogen) atoms. The van der Waals surface area contributed by atoms with Crippen molar-refractivity contribution in [2.45, 2.75) is 13.8 Å². The summed E-state index contributed by atoms with van der Waals surface area (Å²) in [7, 11) is 0. The smallest absolute Gasteiger partial charge is 0.122 e. The van der Waals surface area contributed by atoms with Crippen molar-refractivity contribution < 1.29 is 4.74 Å². The van der Waals surface area contributed by atoms with E-state index in [0.29, 0.717) is 13.2 Å². The molecule has 3 heteroatoms.